The molecule has 0 fully saturated rings. The van der Waals surface area contributed by atoms with Gasteiger partial charge >= 0.3 is 0 Å². The summed E-state index contributed by atoms with van der Waals surface area (Å²) in [6.07, 6.45) is 1.65. The van der Waals surface area contributed by atoms with Crippen LogP contribution >= 0.6 is 11.3 Å². The van der Waals surface area contributed by atoms with E-state index in [9.17, 15) is 8.42 Å². The summed E-state index contributed by atoms with van der Waals surface area (Å²) < 4.78 is 28.0. The second kappa shape index (κ2) is 5.54. The summed E-state index contributed by atoms with van der Waals surface area (Å²) in [7, 11) is -3.41. The molecule has 0 amide bonds. The van der Waals surface area contributed by atoms with E-state index < -0.39 is 15.6 Å². The molecule has 0 aliphatic rings. The summed E-state index contributed by atoms with van der Waals surface area (Å²) in [6, 6.07) is 3.58. The maximum absolute atomic E-state index is 12.4. The summed E-state index contributed by atoms with van der Waals surface area (Å²) in [5, 5.41) is 0. The van der Waals surface area contributed by atoms with Crippen molar-refractivity contribution in [3.8, 4) is 0 Å². The Bertz CT molecular complexity index is 522. The monoisotopic (exact) mass is 303 g/mol. The van der Waals surface area contributed by atoms with Crippen LogP contribution in [0.15, 0.2) is 16.3 Å². The highest BCUT2D eigenvalue weighted by Crippen LogP contribution is 2.29. The van der Waals surface area contributed by atoms with Crippen LogP contribution in [0.1, 0.15) is 52.8 Å². The van der Waals surface area contributed by atoms with Gasteiger partial charge in [0, 0.05) is 10.4 Å². The maximum atomic E-state index is 12.4. The van der Waals surface area contributed by atoms with Crippen LogP contribution in [0.5, 0.6) is 0 Å². The molecule has 0 saturated heterocycles. The number of thiophene rings is 1. The van der Waals surface area contributed by atoms with E-state index >= 15 is 0 Å². The molecule has 5 heteroatoms. The van der Waals surface area contributed by atoms with E-state index in [-0.39, 0.29) is 5.41 Å². The molecule has 0 saturated carbocycles. The van der Waals surface area contributed by atoms with Gasteiger partial charge in [-0.1, -0.05) is 27.7 Å². The molecule has 3 nitrogen and oxygen atoms in total. The predicted octanol–water partition coefficient (Wildman–Crippen LogP) is 3.80. The molecule has 0 unspecified atom stereocenters. The molecule has 0 atom stereocenters. The van der Waals surface area contributed by atoms with Crippen molar-refractivity contribution in [1.82, 2.24) is 4.72 Å². The lowest BCUT2D eigenvalue weighted by molar-refractivity contribution is 0.269. The Morgan fingerprint density at radius 1 is 1.16 bits per heavy atom. The Labute approximate surface area is 121 Å². The van der Waals surface area contributed by atoms with Crippen LogP contribution in [0.2, 0.25) is 0 Å². The SMILES string of the molecule is CCc1ccc(S(=O)(=O)NC(C)(C)CC(C)(C)C)s1. The van der Waals surface area contributed by atoms with E-state index in [4.69, 9.17) is 0 Å². The zero-order valence-electron chi connectivity index (χ0n) is 12.7. The second-order valence-corrected chi connectivity index (χ2v) is 9.88. The van der Waals surface area contributed by atoms with Gasteiger partial charge in [-0.25, -0.2) is 13.1 Å². The number of hydrogen-bond acceptors (Lipinski definition) is 3. The number of nitrogens with one attached hydrogen (secondary N) is 1. The Morgan fingerprint density at radius 3 is 2.16 bits per heavy atom. The van der Waals surface area contributed by atoms with Gasteiger partial charge < -0.3 is 0 Å². The summed E-state index contributed by atoms with van der Waals surface area (Å²) in [5.41, 5.74) is -0.372. The molecule has 0 spiro atoms. The fourth-order valence-corrected chi connectivity index (χ4v) is 5.18. The zero-order chi connectivity index (χ0) is 14.9. The van der Waals surface area contributed by atoms with Gasteiger partial charge in [-0.15, -0.1) is 11.3 Å². The quantitative estimate of drug-likeness (QED) is 0.899. The van der Waals surface area contributed by atoms with E-state index in [1.54, 1.807) is 6.07 Å². The van der Waals surface area contributed by atoms with Crippen molar-refractivity contribution in [2.75, 3.05) is 0 Å². The van der Waals surface area contributed by atoms with Crippen LogP contribution in [0, 0.1) is 5.41 Å². The number of aryl methyl sites for hydroxylation is 1. The van der Waals surface area contributed by atoms with E-state index in [2.05, 4.69) is 25.5 Å². The normalized spacial score (nSPS) is 13.8. The highest BCUT2D eigenvalue weighted by atomic mass is 32.2. The third kappa shape index (κ3) is 5.24. The predicted molar refractivity (Wildman–Crippen MR) is 82.2 cm³/mol. The van der Waals surface area contributed by atoms with Gasteiger partial charge in [-0.05, 0) is 44.2 Å². The molecule has 0 radical (unpaired) electrons. The van der Waals surface area contributed by atoms with Crippen LogP contribution in [-0.4, -0.2) is 14.0 Å². The first-order valence-corrected chi connectivity index (χ1v) is 8.88. The molecule has 1 heterocycles. The fraction of sp³-hybridized carbons (Fsp3) is 0.714. The van der Waals surface area contributed by atoms with Gasteiger partial charge in [0.15, 0.2) is 0 Å². The lowest BCUT2D eigenvalue weighted by Gasteiger charge is -2.32. The summed E-state index contributed by atoms with van der Waals surface area (Å²) in [4.78, 5) is 1.09. The molecule has 1 aromatic heterocycles. The minimum atomic E-state index is -3.41. The van der Waals surface area contributed by atoms with Crippen molar-refractivity contribution in [1.29, 1.82) is 0 Å². The number of sulfonamides is 1. The smallest absolute Gasteiger partial charge is 0.206 e. The summed E-state index contributed by atoms with van der Waals surface area (Å²) >= 11 is 1.35. The van der Waals surface area contributed by atoms with E-state index in [0.29, 0.717) is 4.21 Å². The largest absolute Gasteiger partial charge is 0.250 e. The van der Waals surface area contributed by atoms with Crippen LogP contribution in [0.4, 0.5) is 0 Å². The van der Waals surface area contributed by atoms with Crippen molar-refractivity contribution in [3.05, 3.63) is 17.0 Å². The van der Waals surface area contributed by atoms with Crippen molar-refractivity contribution in [2.24, 2.45) is 5.41 Å². The average molecular weight is 303 g/mol. The number of rotatable bonds is 5. The molecule has 1 rings (SSSR count). The van der Waals surface area contributed by atoms with Gasteiger partial charge in [0.2, 0.25) is 0 Å². The topological polar surface area (TPSA) is 46.2 Å². The summed E-state index contributed by atoms with van der Waals surface area (Å²) in [6.45, 7) is 12.2. The minimum absolute atomic E-state index is 0.0794. The molecule has 1 N–H and O–H groups in total. The molecule has 0 aliphatic carbocycles. The third-order valence-electron chi connectivity index (χ3n) is 2.63. The highest BCUT2D eigenvalue weighted by molar-refractivity contribution is 7.91. The highest BCUT2D eigenvalue weighted by Gasteiger charge is 2.31. The van der Waals surface area contributed by atoms with Gasteiger partial charge in [0.1, 0.15) is 4.21 Å². The molecule has 0 aliphatic heterocycles. The van der Waals surface area contributed by atoms with Crippen LogP contribution in [0.3, 0.4) is 0 Å². The third-order valence-corrected chi connectivity index (χ3v) is 6.05. The van der Waals surface area contributed by atoms with Crippen molar-refractivity contribution in [2.45, 2.75) is 64.1 Å². The van der Waals surface area contributed by atoms with Gasteiger partial charge in [-0.3, -0.25) is 0 Å². The Morgan fingerprint density at radius 2 is 1.74 bits per heavy atom. The zero-order valence-corrected chi connectivity index (χ0v) is 14.3. The molecule has 0 bridgehead atoms. The summed E-state index contributed by atoms with van der Waals surface area (Å²) in [5.74, 6) is 0. The molecular formula is C14H25NO2S2. The van der Waals surface area contributed by atoms with Crippen molar-refractivity contribution < 1.29 is 8.42 Å². The first kappa shape index (κ1) is 16.7. The van der Waals surface area contributed by atoms with Gasteiger partial charge in [-0.2, -0.15) is 0 Å². The van der Waals surface area contributed by atoms with Gasteiger partial charge in [0.05, 0.1) is 0 Å². The minimum Gasteiger partial charge on any atom is -0.206 e. The van der Waals surface area contributed by atoms with Gasteiger partial charge in [0.25, 0.3) is 10.0 Å². The Kier molecular flexibility index (Phi) is 4.86. The second-order valence-electron chi connectivity index (χ2n) is 6.80. The Balaban J connectivity index is 2.90. The van der Waals surface area contributed by atoms with E-state index in [0.717, 1.165) is 17.7 Å². The van der Waals surface area contributed by atoms with Crippen LogP contribution in [0.25, 0.3) is 0 Å². The van der Waals surface area contributed by atoms with Crippen LogP contribution < -0.4 is 4.72 Å². The first-order chi connectivity index (χ1) is 8.45. The average Bonchev–Trinajstić information content (AvgIpc) is 2.59. The Hall–Kier alpha value is -0.390. The van der Waals surface area contributed by atoms with E-state index in [1.165, 1.54) is 11.3 Å². The fourth-order valence-electron chi connectivity index (χ4n) is 2.47. The maximum Gasteiger partial charge on any atom is 0.250 e. The van der Waals surface area contributed by atoms with Crippen molar-refractivity contribution >= 4 is 21.4 Å². The number of hydrogen-bond donors (Lipinski definition) is 1. The lowest BCUT2D eigenvalue weighted by atomic mass is 9.82. The lowest BCUT2D eigenvalue weighted by Crippen LogP contribution is -2.45. The van der Waals surface area contributed by atoms with Crippen molar-refractivity contribution in [3.63, 3.8) is 0 Å². The van der Waals surface area contributed by atoms with Crippen LogP contribution in [-0.2, 0) is 16.4 Å². The molecular weight excluding hydrogens is 278 g/mol. The standard InChI is InChI=1S/C14H25NO2S2/c1-7-11-8-9-12(18-11)19(16,17)15-14(5,6)10-13(2,3)4/h8-9,15H,7,10H2,1-6H3. The first-order valence-electron chi connectivity index (χ1n) is 6.58. The molecule has 110 valence electrons. The van der Waals surface area contributed by atoms with E-state index in [1.807, 2.05) is 26.8 Å². The molecule has 1 aromatic rings. The molecule has 19 heavy (non-hydrogen) atoms. The molecule has 0 aromatic carbocycles.